The lowest BCUT2D eigenvalue weighted by molar-refractivity contribution is -0.0278. The number of rotatable bonds is 6. The van der Waals surface area contributed by atoms with Gasteiger partial charge in [0.2, 0.25) is 0 Å². The van der Waals surface area contributed by atoms with E-state index in [1.807, 2.05) is 0 Å². The molecule has 1 atom stereocenters. The first kappa shape index (κ1) is 17.3. The van der Waals surface area contributed by atoms with E-state index in [9.17, 15) is 5.11 Å². The van der Waals surface area contributed by atoms with Gasteiger partial charge in [0.15, 0.2) is 0 Å². The van der Waals surface area contributed by atoms with Crippen LogP contribution in [-0.2, 0) is 16.9 Å². The van der Waals surface area contributed by atoms with E-state index in [1.54, 1.807) is 18.4 Å². The molecule has 3 heterocycles. The van der Waals surface area contributed by atoms with Gasteiger partial charge in [-0.3, -0.25) is 4.90 Å². The predicted molar refractivity (Wildman–Crippen MR) is 92.7 cm³/mol. The van der Waals surface area contributed by atoms with E-state index < -0.39 is 5.60 Å². The Bertz CT molecular complexity index is 500. The SMILES string of the molecule is CCN1CCC(O)(c2csc(CN3CCC[C@@H]3COC)n2)CC1. The lowest BCUT2D eigenvalue weighted by Crippen LogP contribution is -2.42. The molecule has 0 radical (unpaired) electrons. The summed E-state index contributed by atoms with van der Waals surface area (Å²) in [6.45, 7) is 7.97. The topological polar surface area (TPSA) is 48.8 Å². The van der Waals surface area contributed by atoms with Crippen LogP contribution < -0.4 is 0 Å². The Labute approximate surface area is 143 Å². The summed E-state index contributed by atoms with van der Waals surface area (Å²) < 4.78 is 5.33. The highest BCUT2D eigenvalue weighted by molar-refractivity contribution is 7.09. The average Bonchev–Trinajstić information content (AvgIpc) is 3.19. The van der Waals surface area contributed by atoms with E-state index in [2.05, 4.69) is 22.1 Å². The van der Waals surface area contributed by atoms with Gasteiger partial charge < -0.3 is 14.7 Å². The first-order valence-corrected chi connectivity index (χ1v) is 9.65. The van der Waals surface area contributed by atoms with E-state index in [0.29, 0.717) is 6.04 Å². The van der Waals surface area contributed by atoms with Crippen LogP contribution in [0.5, 0.6) is 0 Å². The number of thiazole rings is 1. The third-order valence-electron chi connectivity index (χ3n) is 5.36. The molecule has 0 aromatic carbocycles. The molecular weight excluding hydrogens is 310 g/mol. The summed E-state index contributed by atoms with van der Waals surface area (Å²) in [7, 11) is 1.77. The maximum absolute atomic E-state index is 11.0. The summed E-state index contributed by atoms with van der Waals surface area (Å²) in [5.41, 5.74) is 0.160. The summed E-state index contributed by atoms with van der Waals surface area (Å²) in [4.78, 5) is 9.64. The average molecular weight is 340 g/mol. The van der Waals surface area contributed by atoms with Gasteiger partial charge in [-0.1, -0.05) is 6.92 Å². The van der Waals surface area contributed by atoms with Crippen molar-refractivity contribution in [2.45, 2.75) is 50.8 Å². The van der Waals surface area contributed by atoms with E-state index in [1.165, 1.54) is 12.8 Å². The lowest BCUT2D eigenvalue weighted by atomic mass is 9.89. The second-order valence-corrected chi connectivity index (χ2v) is 7.76. The second-order valence-electron chi connectivity index (χ2n) is 6.81. The molecule has 1 aromatic rings. The molecule has 0 bridgehead atoms. The normalized spacial score (nSPS) is 26.0. The van der Waals surface area contributed by atoms with Crippen LogP contribution in [0, 0.1) is 0 Å². The maximum Gasteiger partial charge on any atom is 0.110 e. The van der Waals surface area contributed by atoms with Crippen molar-refractivity contribution in [2.24, 2.45) is 0 Å². The zero-order valence-electron chi connectivity index (χ0n) is 14.3. The smallest absolute Gasteiger partial charge is 0.110 e. The third kappa shape index (κ3) is 3.94. The zero-order valence-corrected chi connectivity index (χ0v) is 15.1. The van der Waals surface area contributed by atoms with Crippen molar-refractivity contribution in [1.29, 1.82) is 0 Å². The summed E-state index contributed by atoms with van der Waals surface area (Å²) in [6.07, 6.45) is 4.03. The molecule has 6 heteroatoms. The lowest BCUT2D eigenvalue weighted by Gasteiger charge is -2.36. The van der Waals surface area contributed by atoms with Crippen molar-refractivity contribution in [1.82, 2.24) is 14.8 Å². The minimum Gasteiger partial charge on any atom is -0.383 e. The highest BCUT2D eigenvalue weighted by atomic mass is 32.1. The number of hydrogen-bond acceptors (Lipinski definition) is 6. The van der Waals surface area contributed by atoms with Gasteiger partial charge in [0.25, 0.3) is 0 Å². The highest BCUT2D eigenvalue weighted by Crippen LogP contribution is 2.34. The predicted octanol–water partition coefficient (Wildman–Crippen LogP) is 2.06. The first-order valence-electron chi connectivity index (χ1n) is 8.77. The van der Waals surface area contributed by atoms with Gasteiger partial charge in [0, 0.05) is 31.6 Å². The number of nitrogens with zero attached hydrogens (tertiary/aromatic N) is 3. The Morgan fingerprint density at radius 3 is 2.87 bits per heavy atom. The van der Waals surface area contributed by atoms with Crippen molar-refractivity contribution in [3.8, 4) is 0 Å². The molecule has 2 aliphatic rings. The molecule has 23 heavy (non-hydrogen) atoms. The van der Waals surface area contributed by atoms with Crippen molar-refractivity contribution in [2.75, 3.05) is 39.9 Å². The van der Waals surface area contributed by atoms with Gasteiger partial charge in [-0.15, -0.1) is 11.3 Å². The van der Waals surface area contributed by atoms with Gasteiger partial charge in [0.1, 0.15) is 10.6 Å². The van der Waals surface area contributed by atoms with Crippen LogP contribution in [0.15, 0.2) is 5.38 Å². The monoisotopic (exact) mass is 339 g/mol. The first-order chi connectivity index (χ1) is 11.1. The Hall–Kier alpha value is -0.530. The van der Waals surface area contributed by atoms with Crippen LogP contribution in [0.4, 0.5) is 0 Å². The number of methoxy groups -OCH3 is 1. The Morgan fingerprint density at radius 1 is 1.39 bits per heavy atom. The largest absolute Gasteiger partial charge is 0.383 e. The van der Waals surface area contributed by atoms with Crippen molar-refractivity contribution < 1.29 is 9.84 Å². The van der Waals surface area contributed by atoms with Gasteiger partial charge in [0.05, 0.1) is 18.8 Å². The molecule has 1 aromatic heterocycles. The minimum absolute atomic E-state index is 0.517. The molecule has 0 unspecified atom stereocenters. The second kappa shape index (κ2) is 7.57. The van der Waals surface area contributed by atoms with Gasteiger partial charge in [-0.05, 0) is 38.8 Å². The Kier molecular flexibility index (Phi) is 5.69. The summed E-state index contributed by atoms with van der Waals surface area (Å²) in [5, 5.41) is 14.1. The van der Waals surface area contributed by atoms with Crippen molar-refractivity contribution in [3.05, 3.63) is 16.1 Å². The van der Waals surface area contributed by atoms with E-state index in [0.717, 1.165) is 62.9 Å². The Morgan fingerprint density at radius 2 is 2.17 bits per heavy atom. The molecule has 2 saturated heterocycles. The molecule has 0 amide bonds. The van der Waals surface area contributed by atoms with Crippen LogP contribution in [0.2, 0.25) is 0 Å². The van der Waals surface area contributed by atoms with Crippen LogP contribution in [0.1, 0.15) is 43.3 Å². The van der Waals surface area contributed by atoms with E-state index in [4.69, 9.17) is 9.72 Å². The third-order valence-corrected chi connectivity index (χ3v) is 6.19. The number of aromatic nitrogens is 1. The summed E-state index contributed by atoms with van der Waals surface area (Å²) >= 11 is 1.69. The van der Waals surface area contributed by atoms with Crippen LogP contribution in [0.3, 0.4) is 0 Å². The van der Waals surface area contributed by atoms with Gasteiger partial charge in [-0.2, -0.15) is 0 Å². The standard InChI is InChI=1S/C17H29N3O2S/c1-3-19-9-6-17(21,7-10-19)15-13-23-16(18-15)11-20-8-4-5-14(20)12-22-2/h13-14,21H,3-12H2,1-2H3/t14-/m1/s1. The molecule has 0 spiro atoms. The Balaban J connectivity index is 1.62. The van der Waals surface area contributed by atoms with Crippen molar-refractivity contribution >= 4 is 11.3 Å². The molecule has 5 nitrogen and oxygen atoms in total. The highest BCUT2D eigenvalue weighted by Gasteiger charge is 2.36. The molecule has 1 N–H and O–H groups in total. The molecule has 2 aliphatic heterocycles. The van der Waals surface area contributed by atoms with E-state index in [-0.39, 0.29) is 0 Å². The van der Waals surface area contributed by atoms with Gasteiger partial charge >= 0.3 is 0 Å². The van der Waals surface area contributed by atoms with Crippen LogP contribution in [-0.4, -0.2) is 65.8 Å². The zero-order chi connectivity index (χ0) is 16.3. The number of hydrogen-bond donors (Lipinski definition) is 1. The van der Waals surface area contributed by atoms with Crippen molar-refractivity contribution in [3.63, 3.8) is 0 Å². The minimum atomic E-state index is -0.725. The van der Waals surface area contributed by atoms with Crippen LogP contribution >= 0.6 is 11.3 Å². The summed E-state index contributed by atoms with van der Waals surface area (Å²) in [5.74, 6) is 0. The molecule has 2 fully saturated rings. The van der Waals surface area contributed by atoms with Gasteiger partial charge in [-0.25, -0.2) is 4.98 Å². The fourth-order valence-corrected chi connectivity index (χ4v) is 4.66. The van der Waals surface area contributed by atoms with Crippen LogP contribution in [0.25, 0.3) is 0 Å². The number of aliphatic hydroxyl groups is 1. The maximum atomic E-state index is 11.0. The number of ether oxygens (including phenoxy) is 1. The molecule has 130 valence electrons. The molecule has 0 aliphatic carbocycles. The number of likely N-dealkylation sites (tertiary alicyclic amines) is 2. The fourth-order valence-electron chi connectivity index (χ4n) is 3.75. The summed E-state index contributed by atoms with van der Waals surface area (Å²) in [6, 6.07) is 0.517. The molecular formula is C17H29N3O2S. The fraction of sp³-hybridized carbons (Fsp3) is 0.824. The van der Waals surface area contributed by atoms with E-state index >= 15 is 0 Å². The molecule has 3 rings (SSSR count). The molecule has 0 saturated carbocycles. The quantitative estimate of drug-likeness (QED) is 0.860. The number of piperidine rings is 1.